The first-order chi connectivity index (χ1) is 7.49. The number of sulfonamides is 1. The van der Waals surface area contributed by atoms with Crippen molar-refractivity contribution in [2.75, 3.05) is 5.75 Å². The van der Waals surface area contributed by atoms with Crippen LogP contribution in [0.1, 0.15) is 17.7 Å². The van der Waals surface area contributed by atoms with Gasteiger partial charge in [-0.15, -0.1) is 11.3 Å². The van der Waals surface area contributed by atoms with Crippen molar-refractivity contribution in [2.24, 2.45) is 0 Å². The van der Waals surface area contributed by atoms with Crippen LogP contribution in [0.4, 0.5) is 0 Å². The van der Waals surface area contributed by atoms with Crippen LogP contribution < -0.4 is 4.72 Å². The lowest BCUT2D eigenvalue weighted by atomic mass is 10.3. The number of thiophene rings is 1. The molecule has 1 rings (SSSR count). The minimum Gasteiger partial charge on any atom is -0.481 e. The molecule has 0 aromatic carbocycles. The van der Waals surface area contributed by atoms with Gasteiger partial charge < -0.3 is 5.11 Å². The number of carbonyl (C=O) groups is 1. The summed E-state index contributed by atoms with van der Waals surface area (Å²) in [6.07, 6.45) is 0.00895. The van der Waals surface area contributed by atoms with E-state index in [9.17, 15) is 13.2 Å². The summed E-state index contributed by atoms with van der Waals surface area (Å²) in [4.78, 5) is 11.1. The largest absolute Gasteiger partial charge is 0.481 e. The lowest BCUT2D eigenvalue weighted by Gasteiger charge is -2.04. The summed E-state index contributed by atoms with van der Waals surface area (Å²) in [5.41, 5.74) is 0. The van der Waals surface area contributed by atoms with E-state index >= 15 is 0 Å². The molecule has 0 unspecified atom stereocenters. The van der Waals surface area contributed by atoms with E-state index in [1.165, 1.54) is 11.3 Å². The number of rotatable bonds is 7. The summed E-state index contributed by atoms with van der Waals surface area (Å²) < 4.78 is 25.2. The topological polar surface area (TPSA) is 83.5 Å². The smallest absolute Gasteiger partial charge is 0.303 e. The predicted molar refractivity (Wildman–Crippen MR) is 61.8 cm³/mol. The molecule has 0 aliphatic heterocycles. The Morgan fingerprint density at radius 3 is 2.81 bits per heavy atom. The van der Waals surface area contributed by atoms with Gasteiger partial charge in [0.05, 0.1) is 5.75 Å². The molecular formula is C9H13NO4S2. The van der Waals surface area contributed by atoms with E-state index in [1.54, 1.807) is 0 Å². The van der Waals surface area contributed by atoms with Crippen LogP contribution in [-0.2, 0) is 21.4 Å². The standard InChI is InChI=1S/C9H13NO4S2/c11-9(12)4-2-6-16(13,14)10-7-8-3-1-5-15-8/h1,3,5,10H,2,4,6-7H2,(H,11,12). The van der Waals surface area contributed by atoms with E-state index in [0.717, 1.165) is 4.88 Å². The first-order valence-corrected chi connectivity index (χ1v) is 7.24. The molecule has 0 spiro atoms. The molecule has 0 fully saturated rings. The average molecular weight is 263 g/mol. The van der Waals surface area contributed by atoms with Crippen LogP contribution in [0.2, 0.25) is 0 Å². The van der Waals surface area contributed by atoms with E-state index < -0.39 is 16.0 Å². The van der Waals surface area contributed by atoms with Crippen molar-refractivity contribution in [3.63, 3.8) is 0 Å². The minimum atomic E-state index is -3.36. The Labute approximate surface area is 98.2 Å². The van der Waals surface area contributed by atoms with Gasteiger partial charge in [0.25, 0.3) is 0 Å². The zero-order valence-corrected chi connectivity index (χ0v) is 10.2. The molecule has 0 bridgehead atoms. The molecule has 0 radical (unpaired) electrons. The maximum atomic E-state index is 11.4. The molecule has 0 saturated heterocycles. The van der Waals surface area contributed by atoms with Crippen molar-refractivity contribution in [1.29, 1.82) is 0 Å². The first-order valence-electron chi connectivity index (χ1n) is 4.71. The molecule has 90 valence electrons. The maximum absolute atomic E-state index is 11.4. The molecule has 2 N–H and O–H groups in total. The Kier molecular flexibility index (Phi) is 4.91. The molecule has 16 heavy (non-hydrogen) atoms. The van der Waals surface area contributed by atoms with Crippen LogP contribution >= 0.6 is 11.3 Å². The zero-order valence-electron chi connectivity index (χ0n) is 8.55. The fraction of sp³-hybridized carbons (Fsp3) is 0.444. The maximum Gasteiger partial charge on any atom is 0.303 e. The summed E-state index contributed by atoms with van der Waals surface area (Å²) >= 11 is 1.47. The van der Waals surface area contributed by atoms with Crippen molar-refractivity contribution < 1.29 is 18.3 Å². The highest BCUT2D eigenvalue weighted by molar-refractivity contribution is 7.89. The van der Waals surface area contributed by atoms with Gasteiger partial charge in [-0.2, -0.15) is 0 Å². The quantitative estimate of drug-likeness (QED) is 0.769. The number of hydrogen-bond donors (Lipinski definition) is 2. The fourth-order valence-electron chi connectivity index (χ4n) is 1.08. The Morgan fingerprint density at radius 2 is 2.25 bits per heavy atom. The number of nitrogens with one attached hydrogen (secondary N) is 1. The van der Waals surface area contributed by atoms with Crippen LogP contribution in [0.5, 0.6) is 0 Å². The molecule has 5 nitrogen and oxygen atoms in total. The Balaban J connectivity index is 2.31. The second-order valence-electron chi connectivity index (χ2n) is 3.22. The van der Waals surface area contributed by atoms with Crippen molar-refractivity contribution >= 4 is 27.3 Å². The summed E-state index contributed by atoms with van der Waals surface area (Å²) in [5.74, 6) is -1.13. The van der Waals surface area contributed by atoms with Crippen LogP contribution in [0.15, 0.2) is 17.5 Å². The highest BCUT2D eigenvalue weighted by atomic mass is 32.2. The van der Waals surface area contributed by atoms with E-state index in [1.807, 2.05) is 17.5 Å². The molecule has 0 atom stereocenters. The highest BCUT2D eigenvalue weighted by Gasteiger charge is 2.10. The SMILES string of the molecule is O=C(O)CCCS(=O)(=O)NCc1cccs1. The molecular weight excluding hydrogens is 250 g/mol. The first kappa shape index (κ1) is 13.1. The second-order valence-corrected chi connectivity index (χ2v) is 6.18. The highest BCUT2D eigenvalue weighted by Crippen LogP contribution is 2.08. The third kappa shape index (κ3) is 5.24. The molecule has 1 aromatic heterocycles. The van der Waals surface area contributed by atoms with Crippen LogP contribution in [-0.4, -0.2) is 25.2 Å². The van der Waals surface area contributed by atoms with Crippen LogP contribution in [0, 0.1) is 0 Å². The summed E-state index contributed by atoms with van der Waals surface area (Å²) in [6, 6.07) is 3.68. The Bertz CT molecular complexity index is 424. The summed E-state index contributed by atoms with van der Waals surface area (Å²) in [6.45, 7) is 0.271. The van der Waals surface area contributed by atoms with E-state index in [2.05, 4.69) is 4.72 Å². The normalized spacial score (nSPS) is 11.5. The van der Waals surface area contributed by atoms with Gasteiger partial charge in [-0.1, -0.05) is 6.07 Å². The van der Waals surface area contributed by atoms with E-state index in [4.69, 9.17) is 5.11 Å². The van der Waals surface area contributed by atoms with Crippen molar-refractivity contribution in [1.82, 2.24) is 4.72 Å². The van der Waals surface area contributed by atoms with E-state index in [-0.39, 0.29) is 25.1 Å². The van der Waals surface area contributed by atoms with Gasteiger partial charge in [-0.05, 0) is 17.9 Å². The van der Waals surface area contributed by atoms with Gasteiger partial charge in [0, 0.05) is 17.8 Å². The third-order valence-corrected chi connectivity index (χ3v) is 4.14. The second kappa shape index (κ2) is 5.97. The number of carboxylic acids is 1. The number of hydrogen-bond acceptors (Lipinski definition) is 4. The van der Waals surface area contributed by atoms with E-state index in [0.29, 0.717) is 0 Å². The lowest BCUT2D eigenvalue weighted by Crippen LogP contribution is -2.25. The van der Waals surface area contributed by atoms with Gasteiger partial charge in [-0.3, -0.25) is 4.79 Å². The number of carboxylic acid groups (broad SMARTS) is 1. The predicted octanol–water partition coefficient (Wildman–Crippen LogP) is 1.03. The molecule has 0 amide bonds. The van der Waals surface area contributed by atoms with Gasteiger partial charge in [0.2, 0.25) is 10.0 Å². The minimum absolute atomic E-state index is 0.125. The average Bonchev–Trinajstić information content (AvgIpc) is 2.66. The van der Waals surface area contributed by atoms with Gasteiger partial charge in [0.1, 0.15) is 0 Å². The molecule has 0 aliphatic rings. The molecule has 0 saturated carbocycles. The van der Waals surface area contributed by atoms with Gasteiger partial charge in [0.15, 0.2) is 0 Å². The number of aliphatic carboxylic acids is 1. The van der Waals surface area contributed by atoms with Crippen molar-refractivity contribution in [3.05, 3.63) is 22.4 Å². The van der Waals surface area contributed by atoms with Crippen LogP contribution in [0.3, 0.4) is 0 Å². The van der Waals surface area contributed by atoms with Crippen LogP contribution in [0.25, 0.3) is 0 Å². The summed E-state index contributed by atoms with van der Waals surface area (Å²) in [5, 5.41) is 10.2. The van der Waals surface area contributed by atoms with Crippen molar-refractivity contribution in [3.8, 4) is 0 Å². The molecule has 7 heteroatoms. The monoisotopic (exact) mass is 263 g/mol. The Hall–Kier alpha value is -0.920. The molecule has 0 aliphatic carbocycles. The van der Waals surface area contributed by atoms with Gasteiger partial charge >= 0.3 is 5.97 Å². The van der Waals surface area contributed by atoms with Crippen molar-refractivity contribution in [2.45, 2.75) is 19.4 Å². The molecule has 1 heterocycles. The fourth-order valence-corrected chi connectivity index (χ4v) is 2.86. The molecule has 1 aromatic rings. The third-order valence-electron chi connectivity index (χ3n) is 1.85. The zero-order chi connectivity index (χ0) is 12.0. The summed E-state index contributed by atoms with van der Waals surface area (Å²) in [7, 11) is -3.36. The van der Waals surface area contributed by atoms with Gasteiger partial charge in [-0.25, -0.2) is 13.1 Å². The Morgan fingerprint density at radius 1 is 1.50 bits per heavy atom. The lowest BCUT2D eigenvalue weighted by molar-refractivity contribution is -0.137.